The molecule has 150 valence electrons. The van der Waals surface area contributed by atoms with E-state index in [-0.39, 0.29) is 35.9 Å². The molecule has 1 aliphatic carbocycles. The van der Waals surface area contributed by atoms with Crippen molar-refractivity contribution in [3.63, 3.8) is 0 Å². The molecule has 1 aromatic carbocycles. The Balaban J connectivity index is 0.00000210. The molecule has 2 saturated heterocycles. The van der Waals surface area contributed by atoms with Gasteiger partial charge < -0.3 is 20.3 Å². The van der Waals surface area contributed by atoms with Crippen molar-refractivity contribution in [1.82, 2.24) is 9.80 Å². The summed E-state index contributed by atoms with van der Waals surface area (Å²) in [4.78, 5) is 11.5. The van der Waals surface area contributed by atoms with E-state index in [2.05, 4.69) is 19.7 Å². The molecule has 0 bridgehead atoms. The van der Waals surface area contributed by atoms with E-state index in [0.717, 1.165) is 57.6 Å². The van der Waals surface area contributed by atoms with Crippen LogP contribution in [0.15, 0.2) is 29.3 Å². The monoisotopic (exact) mass is 489 g/mol. The van der Waals surface area contributed by atoms with Crippen molar-refractivity contribution in [2.24, 2.45) is 10.7 Å². The highest BCUT2D eigenvalue weighted by Gasteiger charge is 2.32. The van der Waals surface area contributed by atoms with Crippen molar-refractivity contribution >= 4 is 35.6 Å². The fourth-order valence-electron chi connectivity index (χ4n) is 3.76. The maximum atomic E-state index is 13.1. The average molecular weight is 489 g/mol. The van der Waals surface area contributed by atoms with E-state index in [1.165, 1.54) is 25.0 Å². The minimum absolute atomic E-state index is 0. The van der Waals surface area contributed by atoms with Crippen LogP contribution in [0.2, 0.25) is 0 Å². The molecule has 8 heteroatoms. The Morgan fingerprint density at radius 1 is 1.11 bits per heavy atom. The second-order valence-corrected chi connectivity index (χ2v) is 7.37. The van der Waals surface area contributed by atoms with Crippen molar-refractivity contribution in [1.29, 1.82) is 0 Å². The first-order valence-corrected chi connectivity index (χ1v) is 9.60. The van der Waals surface area contributed by atoms with Gasteiger partial charge in [0.15, 0.2) is 5.96 Å². The molecule has 1 unspecified atom stereocenters. The minimum atomic E-state index is -0.200. The van der Waals surface area contributed by atoms with Gasteiger partial charge in [-0.25, -0.2) is 4.39 Å². The van der Waals surface area contributed by atoms with Crippen LogP contribution in [0.1, 0.15) is 12.8 Å². The van der Waals surface area contributed by atoms with E-state index >= 15 is 0 Å². The van der Waals surface area contributed by atoms with Crippen molar-refractivity contribution in [2.45, 2.75) is 25.0 Å². The van der Waals surface area contributed by atoms with Gasteiger partial charge in [0.1, 0.15) is 5.82 Å². The van der Waals surface area contributed by atoms with E-state index in [1.54, 1.807) is 0 Å². The van der Waals surface area contributed by atoms with Crippen LogP contribution in [-0.2, 0) is 4.74 Å². The maximum Gasteiger partial charge on any atom is 0.191 e. The molecule has 6 nitrogen and oxygen atoms in total. The summed E-state index contributed by atoms with van der Waals surface area (Å²) in [7, 11) is 0. The normalized spacial score (nSPS) is 24.6. The highest BCUT2D eigenvalue weighted by Crippen LogP contribution is 2.28. The van der Waals surface area contributed by atoms with Crippen LogP contribution in [0, 0.1) is 5.82 Å². The van der Waals surface area contributed by atoms with Gasteiger partial charge in [0.2, 0.25) is 0 Å². The van der Waals surface area contributed by atoms with Gasteiger partial charge in [-0.1, -0.05) is 0 Å². The van der Waals surface area contributed by atoms with E-state index in [4.69, 9.17) is 10.5 Å². The van der Waals surface area contributed by atoms with Crippen molar-refractivity contribution in [3.05, 3.63) is 30.1 Å². The number of ether oxygens (including phenoxy) is 1. The van der Waals surface area contributed by atoms with E-state index in [9.17, 15) is 4.39 Å². The van der Waals surface area contributed by atoms with Crippen LogP contribution in [0.3, 0.4) is 0 Å². The molecule has 2 heterocycles. The lowest BCUT2D eigenvalue weighted by atomic mass is 10.2. The van der Waals surface area contributed by atoms with Gasteiger partial charge in [-0.05, 0) is 37.1 Å². The number of guanidine groups is 1. The molecule has 2 N–H and O–H groups in total. The SMILES string of the molecule is I.NC(=NCC1CN(C2CC2)CCO1)N1CCN(c2ccc(F)cc2)CC1. The Morgan fingerprint density at radius 2 is 1.81 bits per heavy atom. The molecule has 3 fully saturated rings. The first-order valence-electron chi connectivity index (χ1n) is 9.60. The number of nitrogens with zero attached hydrogens (tertiary/aromatic N) is 4. The minimum Gasteiger partial charge on any atom is -0.374 e. The topological polar surface area (TPSA) is 57.3 Å². The molecular formula is C19H29FIN5O. The number of hydrogen-bond acceptors (Lipinski definition) is 4. The number of rotatable bonds is 4. The molecule has 0 amide bonds. The Bertz CT molecular complexity index is 631. The molecule has 0 radical (unpaired) electrons. The zero-order chi connectivity index (χ0) is 17.9. The summed E-state index contributed by atoms with van der Waals surface area (Å²) in [6, 6.07) is 7.45. The van der Waals surface area contributed by atoms with Gasteiger partial charge in [-0.3, -0.25) is 9.89 Å². The largest absolute Gasteiger partial charge is 0.374 e. The van der Waals surface area contributed by atoms with Crippen LogP contribution in [0.5, 0.6) is 0 Å². The summed E-state index contributed by atoms with van der Waals surface area (Å²) in [6.07, 6.45) is 2.82. The van der Waals surface area contributed by atoms with E-state index in [1.807, 2.05) is 12.1 Å². The predicted molar refractivity (Wildman–Crippen MR) is 116 cm³/mol. The third-order valence-corrected chi connectivity index (χ3v) is 5.49. The van der Waals surface area contributed by atoms with Gasteiger partial charge in [0.05, 0.1) is 19.3 Å². The Kier molecular flexibility index (Phi) is 7.16. The van der Waals surface area contributed by atoms with Crippen molar-refractivity contribution < 1.29 is 9.13 Å². The van der Waals surface area contributed by atoms with Gasteiger partial charge >= 0.3 is 0 Å². The molecule has 2 aliphatic heterocycles. The first-order chi connectivity index (χ1) is 12.7. The fourth-order valence-corrected chi connectivity index (χ4v) is 3.76. The summed E-state index contributed by atoms with van der Waals surface area (Å²) in [5.74, 6) is 0.407. The molecule has 27 heavy (non-hydrogen) atoms. The number of benzene rings is 1. The predicted octanol–water partition coefficient (Wildman–Crippen LogP) is 1.74. The Hall–Kier alpha value is -1.13. The number of hydrogen-bond donors (Lipinski definition) is 1. The summed E-state index contributed by atoms with van der Waals surface area (Å²) in [6.45, 7) is 6.82. The number of piperazine rings is 1. The second kappa shape index (κ2) is 9.38. The van der Waals surface area contributed by atoms with Gasteiger partial charge in [-0.15, -0.1) is 24.0 Å². The second-order valence-electron chi connectivity index (χ2n) is 7.37. The third kappa shape index (κ3) is 5.45. The molecule has 1 atom stereocenters. The fraction of sp³-hybridized carbons (Fsp3) is 0.632. The van der Waals surface area contributed by atoms with Crippen LogP contribution in [0.4, 0.5) is 10.1 Å². The Morgan fingerprint density at radius 3 is 2.48 bits per heavy atom. The average Bonchev–Trinajstić information content (AvgIpc) is 3.52. The van der Waals surface area contributed by atoms with E-state index < -0.39 is 0 Å². The molecule has 0 spiro atoms. The van der Waals surface area contributed by atoms with Gasteiger partial charge in [0, 0.05) is 51.0 Å². The smallest absolute Gasteiger partial charge is 0.191 e. The lowest BCUT2D eigenvalue weighted by Crippen LogP contribution is -2.51. The lowest BCUT2D eigenvalue weighted by molar-refractivity contribution is -0.0260. The van der Waals surface area contributed by atoms with Gasteiger partial charge in [0.25, 0.3) is 0 Å². The molecule has 3 aliphatic rings. The van der Waals surface area contributed by atoms with E-state index in [0.29, 0.717) is 12.5 Å². The summed E-state index contributed by atoms with van der Waals surface area (Å²) < 4.78 is 18.9. The maximum absolute atomic E-state index is 13.1. The summed E-state index contributed by atoms with van der Waals surface area (Å²) >= 11 is 0. The first kappa shape index (κ1) is 20.6. The highest BCUT2D eigenvalue weighted by atomic mass is 127. The van der Waals surface area contributed by atoms with Crippen molar-refractivity contribution in [2.75, 3.05) is 57.3 Å². The molecule has 4 rings (SSSR count). The van der Waals surface area contributed by atoms with Crippen LogP contribution in [-0.4, -0.2) is 80.3 Å². The number of halogens is 2. The zero-order valence-electron chi connectivity index (χ0n) is 15.6. The lowest BCUT2D eigenvalue weighted by Gasteiger charge is -2.37. The molecule has 1 saturated carbocycles. The van der Waals surface area contributed by atoms with Crippen molar-refractivity contribution in [3.8, 4) is 0 Å². The van der Waals surface area contributed by atoms with Crippen LogP contribution in [0.25, 0.3) is 0 Å². The molecule has 1 aromatic rings. The third-order valence-electron chi connectivity index (χ3n) is 5.49. The molecular weight excluding hydrogens is 460 g/mol. The standard InChI is InChI=1S/C19H28FN5O.HI/c20-15-1-3-16(4-2-15)23-7-9-24(10-8-23)19(21)22-13-18-14-25(11-12-26-18)17-5-6-17;/h1-4,17-18H,5-14H2,(H2,21,22);1H. The highest BCUT2D eigenvalue weighted by molar-refractivity contribution is 14.0. The number of aliphatic imine (C=N–C) groups is 1. The van der Waals surface area contributed by atoms with Crippen LogP contribution < -0.4 is 10.6 Å². The Labute approximate surface area is 177 Å². The van der Waals surface area contributed by atoms with Gasteiger partial charge in [-0.2, -0.15) is 0 Å². The summed E-state index contributed by atoms with van der Waals surface area (Å²) in [5, 5.41) is 0. The number of morpholine rings is 1. The summed E-state index contributed by atoms with van der Waals surface area (Å²) in [5.41, 5.74) is 7.27. The number of anilines is 1. The zero-order valence-corrected chi connectivity index (χ0v) is 17.9. The molecule has 0 aromatic heterocycles. The van der Waals surface area contributed by atoms with Crippen LogP contribution >= 0.6 is 24.0 Å². The quantitative estimate of drug-likeness (QED) is 0.397. The number of nitrogens with two attached hydrogens (primary N) is 1.